The molecule has 2 aliphatic rings. The van der Waals surface area contributed by atoms with Gasteiger partial charge in [-0.3, -0.25) is 4.90 Å². The predicted molar refractivity (Wildman–Crippen MR) is 105 cm³/mol. The van der Waals surface area contributed by atoms with E-state index in [4.69, 9.17) is 9.47 Å². The number of nitrogens with one attached hydrogen (secondary N) is 1. The predicted octanol–water partition coefficient (Wildman–Crippen LogP) is 3.60. The Morgan fingerprint density at radius 2 is 1.87 bits per heavy atom. The lowest BCUT2D eigenvalue weighted by Gasteiger charge is -2.42. The maximum absolute atomic E-state index is 13.2. The first kappa shape index (κ1) is 19.2. The summed E-state index contributed by atoms with van der Waals surface area (Å²) in [6, 6.07) is 11.1. The number of rotatable bonds is 3. The third kappa shape index (κ3) is 3.48. The van der Waals surface area contributed by atoms with Gasteiger partial charge in [0.2, 0.25) is 0 Å². The summed E-state index contributed by atoms with van der Waals surface area (Å²) in [5.41, 5.74) is 0.862. The van der Waals surface area contributed by atoms with Crippen LogP contribution in [0.15, 0.2) is 48.8 Å². The van der Waals surface area contributed by atoms with E-state index in [0.29, 0.717) is 25.5 Å². The van der Waals surface area contributed by atoms with Crippen LogP contribution in [0.5, 0.6) is 5.75 Å². The van der Waals surface area contributed by atoms with Crippen molar-refractivity contribution < 1.29 is 22.6 Å². The molecule has 30 heavy (non-hydrogen) atoms. The molecule has 1 saturated heterocycles. The maximum Gasteiger partial charge on any atom is 0.434 e. The molecule has 2 aromatic heterocycles. The number of morpholine rings is 1. The summed E-state index contributed by atoms with van der Waals surface area (Å²) in [4.78, 5) is 6.16. The van der Waals surface area contributed by atoms with Gasteiger partial charge in [-0.1, -0.05) is 18.2 Å². The van der Waals surface area contributed by atoms with Crippen LogP contribution >= 0.6 is 0 Å². The summed E-state index contributed by atoms with van der Waals surface area (Å²) >= 11 is 0. The molecule has 3 aromatic rings. The van der Waals surface area contributed by atoms with Gasteiger partial charge in [0, 0.05) is 31.0 Å². The van der Waals surface area contributed by atoms with Crippen LogP contribution in [0, 0.1) is 0 Å². The number of hydrogen-bond donors (Lipinski definition) is 1. The standard InChI is InChI=1S/C21H21F3N4O2/c22-21(23,24)18-12-28-7-3-5-15(20(28)26-18)25-19-14-4-1-2-6-17(14)30-13-16(19)27-8-10-29-11-9-27/h1-7,12,16,19,25H,8-11,13H2. The Balaban J connectivity index is 1.54. The zero-order valence-electron chi connectivity index (χ0n) is 16.1. The molecule has 1 N–H and O–H groups in total. The van der Waals surface area contributed by atoms with E-state index in [0.717, 1.165) is 30.6 Å². The summed E-state index contributed by atoms with van der Waals surface area (Å²) in [6.45, 7) is 3.34. The lowest BCUT2D eigenvalue weighted by molar-refractivity contribution is -0.140. The average molecular weight is 418 g/mol. The normalized spacial score (nSPS) is 22.5. The van der Waals surface area contributed by atoms with E-state index in [9.17, 15) is 13.2 Å². The molecule has 0 amide bonds. The van der Waals surface area contributed by atoms with Crippen LogP contribution in [0.1, 0.15) is 17.3 Å². The van der Waals surface area contributed by atoms with E-state index in [2.05, 4.69) is 15.2 Å². The number of pyridine rings is 1. The first-order valence-electron chi connectivity index (χ1n) is 9.86. The minimum absolute atomic E-state index is 0.0149. The molecule has 0 aliphatic carbocycles. The average Bonchev–Trinajstić information content (AvgIpc) is 3.21. The number of anilines is 1. The van der Waals surface area contributed by atoms with Crippen LogP contribution in [0.3, 0.4) is 0 Å². The number of nitrogens with zero attached hydrogens (tertiary/aromatic N) is 3. The minimum atomic E-state index is -4.50. The molecule has 5 rings (SSSR count). The van der Waals surface area contributed by atoms with E-state index in [1.807, 2.05) is 24.3 Å². The van der Waals surface area contributed by atoms with Crippen LogP contribution in [0.4, 0.5) is 18.9 Å². The summed E-state index contributed by atoms with van der Waals surface area (Å²) < 4.78 is 52.4. The molecule has 6 nitrogen and oxygen atoms in total. The fraction of sp³-hybridized carbons (Fsp3) is 0.381. The van der Waals surface area contributed by atoms with E-state index in [1.165, 1.54) is 4.40 Å². The van der Waals surface area contributed by atoms with Crippen molar-refractivity contribution >= 4 is 11.3 Å². The van der Waals surface area contributed by atoms with Gasteiger partial charge in [-0.2, -0.15) is 13.2 Å². The zero-order valence-corrected chi connectivity index (χ0v) is 16.1. The highest BCUT2D eigenvalue weighted by Gasteiger charge is 2.37. The van der Waals surface area contributed by atoms with Gasteiger partial charge in [-0.25, -0.2) is 4.98 Å². The van der Waals surface area contributed by atoms with Crippen molar-refractivity contribution in [1.82, 2.24) is 14.3 Å². The Morgan fingerprint density at radius 1 is 1.07 bits per heavy atom. The van der Waals surface area contributed by atoms with Gasteiger partial charge in [0.05, 0.1) is 31.0 Å². The van der Waals surface area contributed by atoms with E-state index in [1.54, 1.807) is 18.3 Å². The summed E-state index contributed by atoms with van der Waals surface area (Å²) in [5, 5.41) is 3.48. The molecule has 2 atom stereocenters. The fourth-order valence-electron chi connectivity index (χ4n) is 4.18. The first-order valence-corrected chi connectivity index (χ1v) is 9.86. The van der Waals surface area contributed by atoms with Crippen LogP contribution in [0.25, 0.3) is 5.65 Å². The Hall–Kier alpha value is -2.78. The minimum Gasteiger partial charge on any atom is -0.491 e. The summed E-state index contributed by atoms with van der Waals surface area (Å²) in [6.07, 6.45) is -1.91. The molecule has 2 unspecified atom stereocenters. The lowest BCUT2D eigenvalue weighted by Crippen LogP contribution is -2.52. The Kier molecular flexibility index (Phi) is 4.79. The van der Waals surface area contributed by atoms with Crippen LogP contribution < -0.4 is 10.1 Å². The van der Waals surface area contributed by atoms with E-state index in [-0.39, 0.29) is 17.7 Å². The second-order valence-electron chi connectivity index (χ2n) is 7.46. The molecule has 0 spiro atoms. The number of benzene rings is 1. The molecule has 1 fully saturated rings. The third-order valence-corrected chi connectivity index (χ3v) is 5.65. The number of imidazole rings is 1. The number of hydrogen-bond acceptors (Lipinski definition) is 5. The number of aromatic nitrogens is 2. The van der Waals surface area contributed by atoms with Crippen LogP contribution in [-0.4, -0.2) is 53.2 Å². The van der Waals surface area contributed by atoms with E-state index >= 15 is 0 Å². The van der Waals surface area contributed by atoms with Crippen molar-refractivity contribution in [2.75, 3.05) is 38.2 Å². The molecular formula is C21H21F3N4O2. The number of para-hydroxylation sites is 1. The number of fused-ring (bicyclic) bond motifs is 2. The van der Waals surface area contributed by atoms with Crippen molar-refractivity contribution in [3.8, 4) is 5.75 Å². The van der Waals surface area contributed by atoms with Crippen LogP contribution in [0.2, 0.25) is 0 Å². The van der Waals surface area contributed by atoms with Crippen molar-refractivity contribution in [3.63, 3.8) is 0 Å². The number of alkyl halides is 3. The van der Waals surface area contributed by atoms with Gasteiger partial charge in [-0.15, -0.1) is 0 Å². The summed E-state index contributed by atoms with van der Waals surface area (Å²) in [7, 11) is 0. The molecule has 158 valence electrons. The zero-order chi connectivity index (χ0) is 20.7. The second-order valence-corrected chi connectivity index (χ2v) is 7.46. The molecule has 0 saturated carbocycles. The monoisotopic (exact) mass is 418 g/mol. The molecule has 1 aromatic carbocycles. The van der Waals surface area contributed by atoms with Gasteiger partial charge >= 0.3 is 6.18 Å². The van der Waals surface area contributed by atoms with Crippen molar-refractivity contribution in [3.05, 3.63) is 60.0 Å². The largest absolute Gasteiger partial charge is 0.491 e. The fourth-order valence-corrected chi connectivity index (χ4v) is 4.18. The third-order valence-electron chi connectivity index (χ3n) is 5.65. The van der Waals surface area contributed by atoms with Gasteiger partial charge in [-0.05, 0) is 18.2 Å². The highest BCUT2D eigenvalue weighted by molar-refractivity contribution is 5.69. The molecule has 9 heteroatoms. The molecule has 0 bridgehead atoms. The summed E-state index contributed by atoms with van der Waals surface area (Å²) in [5.74, 6) is 0.783. The topological polar surface area (TPSA) is 51.0 Å². The lowest BCUT2D eigenvalue weighted by atomic mass is 9.94. The highest BCUT2D eigenvalue weighted by Crippen LogP contribution is 2.38. The Bertz CT molecular complexity index is 1050. The van der Waals surface area contributed by atoms with Crippen molar-refractivity contribution in [2.45, 2.75) is 18.3 Å². The van der Waals surface area contributed by atoms with Crippen LogP contribution in [-0.2, 0) is 10.9 Å². The maximum atomic E-state index is 13.2. The molecule has 4 heterocycles. The molecular weight excluding hydrogens is 397 g/mol. The first-order chi connectivity index (χ1) is 14.5. The van der Waals surface area contributed by atoms with Gasteiger partial charge in [0.25, 0.3) is 0 Å². The quantitative estimate of drug-likeness (QED) is 0.705. The smallest absolute Gasteiger partial charge is 0.434 e. The van der Waals surface area contributed by atoms with Gasteiger partial charge in [0.1, 0.15) is 12.4 Å². The van der Waals surface area contributed by atoms with Gasteiger partial charge < -0.3 is 19.2 Å². The van der Waals surface area contributed by atoms with Crippen molar-refractivity contribution in [2.24, 2.45) is 0 Å². The number of halogens is 3. The van der Waals surface area contributed by atoms with Gasteiger partial charge in [0.15, 0.2) is 11.3 Å². The molecule has 2 aliphatic heterocycles. The highest BCUT2D eigenvalue weighted by atomic mass is 19.4. The molecule has 0 radical (unpaired) electrons. The SMILES string of the molecule is FC(F)(F)c1cn2cccc(NC3c4ccccc4OCC3N3CCOCC3)c2n1. The Morgan fingerprint density at radius 3 is 2.67 bits per heavy atom. The second kappa shape index (κ2) is 7.48. The van der Waals surface area contributed by atoms with Crippen molar-refractivity contribution in [1.29, 1.82) is 0 Å². The van der Waals surface area contributed by atoms with E-state index < -0.39 is 11.9 Å². The Labute approximate surface area is 171 Å². The number of ether oxygens (including phenoxy) is 2.